The van der Waals surface area contributed by atoms with E-state index >= 15 is 0 Å². The zero-order chi connectivity index (χ0) is 11.3. The van der Waals surface area contributed by atoms with Gasteiger partial charge in [-0.05, 0) is 47.5 Å². The summed E-state index contributed by atoms with van der Waals surface area (Å²) < 4.78 is 6.55. The van der Waals surface area contributed by atoms with Crippen molar-refractivity contribution in [2.45, 2.75) is 32.8 Å². The Labute approximate surface area is 98.8 Å². The predicted octanol–water partition coefficient (Wildman–Crippen LogP) is 3.83. The van der Waals surface area contributed by atoms with E-state index in [1.165, 1.54) is 0 Å². The van der Waals surface area contributed by atoms with Crippen LogP contribution in [-0.2, 0) is 0 Å². The molecule has 82 valence electrons. The van der Waals surface area contributed by atoms with Crippen LogP contribution >= 0.6 is 15.9 Å². The highest BCUT2D eigenvalue weighted by Gasteiger charge is 2.06. The van der Waals surface area contributed by atoms with Gasteiger partial charge in [0.15, 0.2) is 0 Å². The van der Waals surface area contributed by atoms with Gasteiger partial charge in [-0.15, -0.1) is 0 Å². The molecule has 1 rings (SSSR count). The smallest absolute Gasteiger partial charge is 0.150 e. The molecule has 0 heterocycles. The minimum atomic E-state index is 0.202. The molecule has 2 nitrogen and oxygen atoms in total. The Kier molecular flexibility index (Phi) is 4.82. The minimum Gasteiger partial charge on any atom is -0.490 e. The van der Waals surface area contributed by atoms with E-state index in [1.807, 2.05) is 13.0 Å². The van der Waals surface area contributed by atoms with Crippen molar-refractivity contribution in [2.24, 2.45) is 0 Å². The van der Waals surface area contributed by atoms with Crippen molar-refractivity contribution >= 4 is 22.2 Å². The van der Waals surface area contributed by atoms with E-state index in [2.05, 4.69) is 22.9 Å². The van der Waals surface area contributed by atoms with Gasteiger partial charge in [0, 0.05) is 5.56 Å². The van der Waals surface area contributed by atoms with Gasteiger partial charge in [-0.25, -0.2) is 0 Å². The van der Waals surface area contributed by atoms with Crippen LogP contribution in [0.25, 0.3) is 0 Å². The zero-order valence-electron chi connectivity index (χ0n) is 9.00. The maximum atomic E-state index is 10.5. The van der Waals surface area contributed by atoms with Crippen molar-refractivity contribution in [3.63, 3.8) is 0 Å². The first-order chi connectivity index (χ1) is 7.17. The van der Waals surface area contributed by atoms with Crippen LogP contribution < -0.4 is 4.74 Å². The predicted molar refractivity (Wildman–Crippen MR) is 64.5 cm³/mol. The topological polar surface area (TPSA) is 26.3 Å². The molecular weight excluding hydrogens is 256 g/mol. The van der Waals surface area contributed by atoms with E-state index in [0.29, 0.717) is 5.56 Å². The van der Waals surface area contributed by atoms with Gasteiger partial charge >= 0.3 is 0 Å². The summed E-state index contributed by atoms with van der Waals surface area (Å²) in [6.07, 6.45) is 3.16. The summed E-state index contributed by atoms with van der Waals surface area (Å²) in [5, 5.41) is 0. The van der Waals surface area contributed by atoms with E-state index in [9.17, 15) is 4.79 Å². The number of benzene rings is 1. The molecule has 1 unspecified atom stereocenters. The maximum Gasteiger partial charge on any atom is 0.150 e. The van der Waals surface area contributed by atoms with Gasteiger partial charge in [0.25, 0.3) is 0 Å². The Bertz CT molecular complexity index is 336. The monoisotopic (exact) mass is 270 g/mol. The average molecular weight is 271 g/mol. The lowest BCUT2D eigenvalue weighted by molar-refractivity contribution is 0.112. The molecule has 0 bridgehead atoms. The molecule has 0 saturated heterocycles. The Hall–Kier alpha value is -0.830. The first-order valence-corrected chi connectivity index (χ1v) is 5.88. The number of halogens is 1. The highest BCUT2D eigenvalue weighted by molar-refractivity contribution is 9.10. The third-order valence-electron chi connectivity index (χ3n) is 2.12. The fourth-order valence-corrected chi connectivity index (χ4v) is 1.86. The first kappa shape index (κ1) is 12.2. The quantitative estimate of drug-likeness (QED) is 0.761. The standard InChI is InChI=1S/C12H15BrO2/c1-3-4-9(2)15-12-6-5-10(8-14)7-11(12)13/h5-9H,3-4H2,1-2H3. The van der Waals surface area contributed by atoms with Gasteiger partial charge in [0.1, 0.15) is 12.0 Å². The summed E-state index contributed by atoms with van der Waals surface area (Å²) in [5.74, 6) is 0.793. The second-order valence-corrected chi connectivity index (χ2v) is 4.38. The zero-order valence-corrected chi connectivity index (χ0v) is 10.6. The summed E-state index contributed by atoms with van der Waals surface area (Å²) in [5.41, 5.74) is 0.650. The summed E-state index contributed by atoms with van der Waals surface area (Å²) in [6.45, 7) is 4.17. The largest absolute Gasteiger partial charge is 0.490 e. The molecule has 0 aliphatic carbocycles. The van der Waals surface area contributed by atoms with E-state index in [1.54, 1.807) is 12.1 Å². The average Bonchev–Trinajstić information content (AvgIpc) is 2.21. The van der Waals surface area contributed by atoms with Crippen molar-refractivity contribution in [2.75, 3.05) is 0 Å². The van der Waals surface area contributed by atoms with Crippen LogP contribution in [0.4, 0.5) is 0 Å². The van der Waals surface area contributed by atoms with Gasteiger partial charge in [-0.3, -0.25) is 4.79 Å². The van der Waals surface area contributed by atoms with Crippen molar-refractivity contribution in [1.82, 2.24) is 0 Å². The van der Waals surface area contributed by atoms with Gasteiger partial charge in [0.2, 0.25) is 0 Å². The van der Waals surface area contributed by atoms with Crippen molar-refractivity contribution < 1.29 is 9.53 Å². The number of hydrogen-bond donors (Lipinski definition) is 0. The van der Waals surface area contributed by atoms with Gasteiger partial charge < -0.3 is 4.74 Å². The van der Waals surface area contributed by atoms with Crippen LogP contribution in [0.15, 0.2) is 22.7 Å². The third-order valence-corrected chi connectivity index (χ3v) is 2.74. The van der Waals surface area contributed by atoms with Crippen LogP contribution in [0.5, 0.6) is 5.75 Å². The van der Waals surface area contributed by atoms with E-state index in [4.69, 9.17) is 4.74 Å². The molecule has 1 atom stereocenters. The molecule has 3 heteroatoms. The van der Waals surface area contributed by atoms with Crippen molar-refractivity contribution in [3.05, 3.63) is 28.2 Å². The molecule has 0 amide bonds. The number of rotatable bonds is 5. The molecule has 15 heavy (non-hydrogen) atoms. The number of aldehydes is 1. The van der Waals surface area contributed by atoms with Gasteiger partial charge in [-0.1, -0.05) is 13.3 Å². The lowest BCUT2D eigenvalue weighted by Gasteiger charge is -2.15. The van der Waals surface area contributed by atoms with Gasteiger partial charge in [-0.2, -0.15) is 0 Å². The summed E-state index contributed by atoms with van der Waals surface area (Å²) in [7, 11) is 0. The highest BCUT2D eigenvalue weighted by atomic mass is 79.9. The van der Waals surface area contributed by atoms with Gasteiger partial charge in [0.05, 0.1) is 10.6 Å². The lowest BCUT2D eigenvalue weighted by Crippen LogP contribution is -2.11. The summed E-state index contributed by atoms with van der Waals surface area (Å²) in [4.78, 5) is 10.5. The molecule has 0 aliphatic rings. The molecule has 0 aromatic heterocycles. The maximum absolute atomic E-state index is 10.5. The summed E-state index contributed by atoms with van der Waals surface area (Å²) >= 11 is 3.38. The Balaban J connectivity index is 2.73. The number of ether oxygens (including phenoxy) is 1. The second kappa shape index (κ2) is 5.91. The Morgan fingerprint density at radius 3 is 2.80 bits per heavy atom. The molecule has 0 aliphatic heterocycles. The first-order valence-electron chi connectivity index (χ1n) is 5.08. The summed E-state index contributed by atoms with van der Waals surface area (Å²) in [6, 6.07) is 5.34. The lowest BCUT2D eigenvalue weighted by atomic mass is 10.2. The fraction of sp³-hybridized carbons (Fsp3) is 0.417. The normalized spacial score (nSPS) is 12.2. The fourth-order valence-electron chi connectivity index (χ4n) is 1.37. The van der Waals surface area contributed by atoms with Crippen molar-refractivity contribution in [1.29, 1.82) is 0 Å². The molecule has 0 fully saturated rings. The SMILES string of the molecule is CCCC(C)Oc1ccc(C=O)cc1Br. The molecule has 0 radical (unpaired) electrons. The second-order valence-electron chi connectivity index (χ2n) is 3.52. The van der Waals surface area contributed by atoms with E-state index < -0.39 is 0 Å². The molecule has 1 aromatic carbocycles. The van der Waals surface area contributed by atoms with Crippen LogP contribution in [-0.4, -0.2) is 12.4 Å². The minimum absolute atomic E-state index is 0.202. The van der Waals surface area contributed by atoms with Crippen LogP contribution in [0.2, 0.25) is 0 Å². The highest BCUT2D eigenvalue weighted by Crippen LogP contribution is 2.27. The molecule has 0 saturated carbocycles. The van der Waals surface area contributed by atoms with E-state index in [0.717, 1.165) is 29.4 Å². The number of hydrogen-bond acceptors (Lipinski definition) is 2. The molecule has 0 N–H and O–H groups in total. The molecule has 0 spiro atoms. The van der Waals surface area contributed by atoms with Crippen LogP contribution in [0, 0.1) is 0 Å². The third kappa shape index (κ3) is 3.67. The molecular formula is C12H15BrO2. The Morgan fingerprint density at radius 1 is 1.53 bits per heavy atom. The van der Waals surface area contributed by atoms with E-state index in [-0.39, 0.29) is 6.10 Å². The van der Waals surface area contributed by atoms with Crippen LogP contribution in [0.1, 0.15) is 37.0 Å². The number of carbonyl (C=O) groups excluding carboxylic acids is 1. The van der Waals surface area contributed by atoms with Crippen LogP contribution in [0.3, 0.4) is 0 Å². The molecule has 1 aromatic rings. The Morgan fingerprint density at radius 2 is 2.27 bits per heavy atom. The number of carbonyl (C=O) groups is 1. The van der Waals surface area contributed by atoms with Crippen molar-refractivity contribution in [3.8, 4) is 5.75 Å².